The molecule has 2 aromatic carbocycles. The molecule has 3 rings (SSSR count). The Morgan fingerprint density at radius 3 is 2.76 bits per heavy atom. The van der Waals surface area contributed by atoms with Gasteiger partial charge >= 0.3 is 12.1 Å². The largest absolute Gasteiger partial charge is 0.442 e. The number of cyclic esters (lactones) is 1. The second kappa shape index (κ2) is 7.44. The van der Waals surface area contributed by atoms with Crippen molar-refractivity contribution in [3.63, 3.8) is 0 Å². The van der Waals surface area contributed by atoms with Gasteiger partial charge in [0.05, 0.1) is 13.1 Å². The number of ether oxygens (including phenoxy) is 1. The first-order valence-corrected chi connectivity index (χ1v) is 8.24. The van der Waals surface area contributed by atoms with Crippen molar-refractivity contribution in [1.29, 1.82) is 0 Å². The van der Waals surface area contributed by atoms with Gasteiger partial charge in [-0.1, -0.05) is 35.4 Å². The Balaban J connectivity index is 1.51. The third kappa shape index (κ3) is 4.42. The average molecular weight is 360 g/mol. The first-order valence-electron chi connectivity index (χ1n) is 7.86. The maximum absolute atomic E-state index is 12.0. The van der Waals surface area contributed by atoms with Crippen LogP contribution in [0, 0.1) is 6.92 Å². The lowest BCUT2D eigenvalue weighted by Crippen LogP contribution is -2.37. The standard InChI is InChI=1S/C18H18ClN3O3/c1-12-5-7-15(8-6-12)22-11-16(25-18(22)24)10-20-17(23)21-14-4-2-3-13(19)9-14/h2-9,16H,10-11H2,1H3,(H2,20,21,23). The van der Waals surface area contributed by atoms with Crippen molar-refractivity contribution < 1.29 is 14.3 Å². The van der Waals surface area contributed by atoms with Gasteiger partial charge < -0.3 is 15.4 Å². The fraction of sp³-hybridized carbons (Fsp3) is 0.222. The molecule has 1 fully saturated rings. The number of amides is 3. The molecule has 6 nitrogen and oxygen atoms in total. The van der Waals surface area contributed by atoms with E-state index in [2.05, 4.69) is 10.6 Å². The first-order chi connectivity index (χ1) is 12.0. The van der Waals surface area contributed by atoms with Gasteiger partial charge in [0.2, 0.25) is 0 Å². The molecule has 7 heteroatoms. The van der Waals surface area contributed by atoms with E-state index in [1.54, 1.807) is 29.2 Å². The highest BCUT2D eigenvalue weighted by Gasteiger charge is 2.32. The van der Waals surface area contributed by atoms with Crippen LogP contribution in [0.5, 0.6) is 0 Å². The summed E-state index contributed by atoms with van der Waals surface area (Å²) in [5.41, 5.74) is 2.49. The number of carbonyl (C=O) groups excluding carboxylic acids is 2. The number of hydrogen-bond acceptors (Lipinski definition) is 3. The van der Waals surface area contributed by atoms with E-state index < -0.39 is 12.2 Å². The van der Waals surface area contributed by atoms with E-state index in [1.807, 2.05) is 31.2 Å². The van der Waals surface area contributed by atoms with Crippen LogP contribution >= 0.6 is 11.6 Å². The minimum absolute atomic E-state index is 0.223. The Hall–Kier alpha value is -2.73. The second-order valence-corrected chi connectivity index (χ2v) is 6.23. The van der Waals surface area contributed by atoms with E-state index in [4.69, 9.17) is 16.3 Å². The van der Waals surface area contributed by atoms with E-state index in [1.165, 1.54) is 0 Å². The third-order valence-electron chi connectivity index (χ3n) is 3.79. The number of anilines is 2. The highest BCUT2D eigenvalue weighted by molar-refractivity contribution is 6.30. The molecule has 0 saturated carbocycles. The molecule has 1 heterocycles. The van der Waals surface area contributed by atoms with Crippen LogP contribution in [0.2, 0.25) is 5.02 Å². The van der Waals surface area contributed by atoms with Gasteiger partial charge in [-0.3, -0.25) is 4.90 Å². The molecule has 1 aliphatic heterocycles. The minimum Gasteiger partial charge on any atom is -0.442 e. The van der Waals surface area contributed by atoms with Crippen LogP contribution in [-0.4, -0.2) is 31.3 Å². The smallest absolute Gasteiger partial charge is 0.414 e. The van der Waals surface area contributed by atoms with Gasteiger partial charge in [0.25, 0.3) is 0 Å². The number of carbonyl (C=O) groups is 2. The molecule has 1 aliphatic rings. The number of nitrogens with zero attached hydrogens (tertiary/aromatic N) is 1. The number of hydrogen-bond donors (Lipinski definition) is 2. The quantitative estimate of drug-likeness (QED) is 0.872. The molecule has 0 bridgehead atoms. The van der Waals surface area contributed by atoms with Crippen molar-refractivity contribution in [3.05, 3.63) is 59.1 Å². The summed E-state index contributed by atoms with van der Waals surface area (Å²) in [6.07, 6.45) is -0.815. The van der Waals surface area contributed by atoms with E-state index in [9.17, 15) is 9.59 Å². The summed E-state index contributed by atoms with van der Waals surface area (Å²) in [5, 5.41) is 5.91. The molecule has 1 saturated heterocycles. The third-order valence-corrected chi connectivity index (χ3v) is 4.03. The van der Waals surface area contributed by atoms with Crippen LogP contribution in [0.15, 0.2) is 48.5 Å². The first kappa shape index (κ1) is 17.1. The Morgan fingerprint density at radius 1 is 1.28 bits per heavy atom. The molecule has 1 atom stereocenters. The molecule has 0 radical (unpaired) electrons. The molecular formula is C18H18ClN3O3. The number of halogens is 1. The lowest BCUT2D eigenvalue weighted by molar-refractivity contribution is 0.141. The van der Waals surface area contributed by atoms with Gasteiger partial charge in [-0.2, -0.15) is 0 Å². The average Bonchev–Trinajstić information content (AvgIpc) is 2.95. The summed E-state index contributed by atoms with van der Waals surface area (Å²) < 4.78 is 5.30. The zero-order valence-corrected chi connectivity index (χ0v) is 14.4. The lowest BCUT2D eigenvalue weighted by Gasteiger charge is -2.13. The van der Waals surface area contributed by atoms with Crippen LogP contribution in [-0.2, 0) is 4.74 Å². The lowest BCUT2D eigenvalue weighted by atomic mass is 10.2. The fourth-order valence-corrected chi connectivity index (χ4v) is 2.70. The van der Waals surface area contributed by atoms with Crippen molar-refractivity contribution >= 4 is 35.1 Å². The molecule has 25 heavy (non-hydrogen) atoms. The minimum atomic E-state index is -0.411. The molecule has 0 aliphatic carbocycles. The summed E-state index contributed by atoms with van der Waals surface area (Å²) in [6, 6.07) is 14.1. The Kier molecular flexibility index (Phi) is 5.09. The number of rotatable bonds is 4. The molecule has 130 valence electrons. The SMILES string of the molecule is Cc1ccc(N2CC(CNC(=O)Nc3cccc(Cl)c3)OC2=O)cc1. The summed E-state index contributed by atoms with van der Waals surface area (Å²) in [5.74, 6) is 0. The van der Waals surface area contributed by atoms with Crippen LogP contribution < -0.4 is 15.5 Å². The summed E-state index contributed by atoms with van der Waals surface area (Å²) in [6.45, 7) is 2.59. The maximum atomic E-state index is 12.0. The Labute approximate surface area is 150 Å². The summed E-state index contributed by atoms with van der Waals surface area (Å²) in [7, 11) is 0. The van der Waals surface area contributed by atoms with E-state index in [0.717, 1.165) is 11.3 Å². The predicted molar refractivity (Wildman–Crippen MR) is 97.3 cm³/mol. The number of aryl methyl sites for hydroxylation is 1. The zero-order valence-electron chi connectivity index (χ0n) is 13.7. The van der Waals surface area contributed by atoms with Gasteiger partial charge in [-0.05, 0) is 37.3 Å². The Morgan fingerprint density at radius 2 is 2.04 bits per heavy atom. The molecule has 1 unspecified atom stereocenters. The normalized spacial score (nSPS) is 16.5. The second-order valence-electron chi connectivity index (χ2n) is 5.80. The van der Waals surface area contributed by atoms with Gasteiger partial charge in [0.15, 0.2) is 0 Å². The van der Waals surface area contributed by atoms with Crippen molar-refractivity contribution in [2.75, 3.05) is 23.3 Å². The van der Waals surface area contributed by atoms with Gasteiger partial charge in [0.1, 0.15) is 6.10 Å². The van der Waals surface area contributed by atoms with Crippen LogP contribution in [0.25, 0.3) is 0 Å². The van der Waals surface area contributed by atoms with Crippen molar-refractivity contribution in [1.82, 2.24) is 5.32 Å². The molecule has 0 aromatic heterocycles. The van der Waals surface area contributed by atoms with Crippen molar-refractivity contribution in [2.45, 2.75) is 13.0 Å². The number of nitrogens with one attached hydrogen (secondary N) is 2. The topological polar surface area (TPSA) is 70.7 Å². The van der Waals surface area contributed by atoms with Crippen LogP contribution in [0.1, 0.15) is 5.56 Å². The molecule has 2 aromatic rings. The molecular weight excluding hydrogens is 342 g/mol. The van der Waals surface area contributed by atoms with Gasteiger partial charge in [0, 0.05) is 16.4 Å². The van der Waals surface area contributed by atoms with Crippen molar-refractivity contribution in [3.8, 4) is 0 Å². The van der Waals surface area contributed by atoms with Crippen LogP contribution in [0.3, 0.4) is 0 Å². The maximum Gasteiger partial charge on any atom is 0.414 e. The summed E-state index contributed by atoms with van der Waals surface area (Å²) >= 11 is 5.87. The molecule has 2 N–H and O–H groups in total. The van der Waals surface area contributed by atoms with Crippen molar-refractivity contribution in [2.24, 2.45) is 0 Å². The van der Waals surface area contributed by atoms with Crippen LogP contribution in [0.4, 0.5) is 21.0 Å². The summed E-state index contributed by atoms with van der Waals surface area (Å²) in [4.78, 5) is 25.5. The highest BCUT2D eigenvalue weighted by atomic mass is 35.5. The Bertz CT molecular complexity index is 779. The van der Waals surface area contributed by atoms with E-state index >= 15 is 0 Å². The highest BCUT2D eigenvalue weighted by Crippen LogP contribution is 2.21. The predicted octanol–water partition coefficient (Wildman–Crippen LogP) is 3.80. The molecule has 0 spiro atoms. The number of benzene rings is 2. The fourth-order valence-electron chi connectivity index (χ4n) is 2.51. The monoisotopic (exact) mass is 359 g/mol. The zero-order chi connectivity index (χ0) is 17.8. The van der Waals surface area contributed by atoms with Gasteiger partial charge in [-0.25, -0.2) is 9.59 Å². The number of urea groups is 1. The van der Waals surface area contributed by atoms with E-state index in [0.29, 0.717) is 17.3 Å². The van der Waals surface area contributed by atoms with Gasteiger partial charge in [-0.15, -0.1) is 0 Å². The van der Waals surface area contributed by atoms with E-state index in [-0.39, 0.29) is 12.6 Å². The molecule has 3 amide bonds.